The number of pyridine rings is 1. The first-order valence-electron chi connectivity index (χ1n) is 13.5. The highest BCUT2D eigenvalue weighted by Crippen LogP contribution is 2.30. The Labute approximate surface area is 225 Å². The normalized spacial score (nSPS) is 16.3. The molecule has 1 fully saturated rings. The summed E-state index contributed by atoms with van der Waals surface area (Å²) in [6, 6.07) is 6.00. The van der Waals surface area contributed by atoms with E-state index in [1.165, 1.54) is 0 Å². The Kier molecular flexibility index (Phi) is 8.05. The summed E-state index contributed by atoms with van der Waals surface area (Å²) in [5.74, 6) is 3.35. The van der Waals surface area contributed by atoms with Crippen LogP contribution in [-0.2, 0) is 16.0 Å². The molecule has 1 unspecified atom stereocenters. The Hall–Kier alpha value is -3.09. The molecule has 1 amide bonds. The molecule has 3 heterocycles. The zero-order valence-corrected chi connectivity index (χ0v) is 24.7. The highest BCUT2D eigenvalue weighted by Gasteiger charge is 2.24. The van der Waals surface area contributed by atoms with Gasteiger partial charge in [0.1, 0.15) is 25.4 Å². The van der Waals surface area contributed by atoms with E-state index in [1.54, 1.807) is 4.57 Å². The number of aryl methyl sites for hydroxylation is 2. The van der Waals surface area contributed by atoms with Gasteiger partial charge in [-0.3, -0.25) is 4.79 Å². The molecule has 0 saturated carbocycles. The Morgan fingerprint density at radius 1 is 1.26 bits per heavy atom. The number of aromatic nitrogens is 3. The van der Waals surface area contributed by atoms with Crippen molar-refractivity contribution >= 4 is 36.0 Å². The zero-order chi connectivity index (χ0) is 27.7. The molecule has 1 aliphatic heterocycles. The number of rotatable bonds is 5. The van der Waals surface area contributed by atoms with Crippen LogP contribution in [0.25, 0.3) is 21.8 Å². The second-order valence-corrected chi connectivity index (χ2v) is 16.8. The molecule has 8 nitrogen and oxygen atoms in total. The summed E-state index contributed by atoms with van der Waals surface area (Å²) in [6.07, 6.45) is 2.96. The molecule has 38 heavy (non-hydrogen) atoms. The van der Waals surface area contributed by atoms with E-state index in [2.05, 4.69) is 42.5 Å². The molecule has 1 atom stereocenters. The van der Waals surface area contributed by atoms with Gasteiger partial charge in [0.05, 0.1) is 16.6 Å². The molecule has 3 aromatic rings. The van der Waals surface area contributed by atoms with Crippen molar-refractivity contribution in [3.63, 3.8) is 0 Å². The monoisotopic (exact) mass is 536 g/mol. The quantitative estimate of drug-likeness (QED) is 0.264. The minimum atomic E-state index is -1.55. The predicted molar refractivity (Wildman–Crippen MR) is 154 cm³/mol. The van der Waals surface area contributed by atoms with Gasteiger partial charge in [-0.25, -0.2) is 9.48 Å². The summed E-state index contributed by atoms with van der Waals surface area (Å²) >= 11 is 0. The van der Waals surface area contributed by atoms with E-state index in [4.69, 9.17) is 14.6 Å². The van der Waals surface area contributed by atoms with Crippen LogP contribution in [0, 0.1) is 18.4 Å². The first-order valence-corrected chi connectivity index (χ1v) is 17.0. The van der Waals surface area contributed by atoms with Crippen LogP contribution in [0.1, 0.15) is 63.9 Å². The maximum absolute atomic E-state index is 13.9. The van der Waals surface area contributed by atoms with Gasteiger partial charge in [-0.2, -0.15) is 5.10 Å². The summed E-state index contributed by atoms with van der Waals surface area (Å²) in [7, 11) is -1.55. The van der Waals surface area contributed by atoms with Crippen molar-refractivity contribution in [2.24, 2.45) is 0 Å². The average molecular weight is 537 g/mol. The van der Waals surface area contributed by atoms with E-state index in [-0.39, 0.29) is 11.8 Å². The van der Waals surface area contributed by atoms with Gasteiger partial charge in [0.2, 0.25) is 0 Å². The molecule has 204 valence electrons. The minimum absolute atomic E-state index is 0.0785. The number of carbonyl (C=O) groups excluding carboxylic acids is 1. The van der Waals surface area contributed by atoms with Crippen molar-refractivity contribution in [2.45, 2.75) is 91.4 Å². The largest absolute Gasteiger partial charge is 0.444 e. The highest BCUT2D eigenvalue weighted by molar-refractivity contribution is 6.83. The Balaban J connectivity index is 1.75. The van der Waals surface area contributed by atoms with Crippen LogP contribution in [-0.4, -0.2) is 47.3 Å². The maximum Gasteiger partial charge on any atom is 0.407 e. The van der Waals surface area contributed by atoms with Crippen molar-refractivity contribution in [3.8, 4) is 11.5 Å². The third-order valence-corrected chi connectivity index (χ3v) is 7.26. The molecule has 0 spiro atoms. The molecule has 4 rings (SSSR count). The Bertz CT molecular complexity index is 1460. The standard InChI is InChI=1S/C29H40N4O4Si/c1-20-25-26(31-33(20)24-11-8-9-17-36-24)22-19-21(14-18-38(5,6)7)12-13-23(22)32(27(25)34)16-10-15-30-28(35)37-29(2,3)4/h12-13,19,24H,8-11,15-17H2,1-7H3,(H,30,35). The molecule has 1 aromatic carbocycles. The number of amides is 1. The van der Waals surface area contributed by atoms with Crippen LogP contribution in [0.4, 0.5) is 4.79 Å². The van der Waals surface area contributed by atoms with Crippen molar-refractivity contribution in [1.29, 1.82) is 0 Å². The number of hydrogen-bond acceptors (Lipinski definition) is 5. The average Bonchev–Trinajstić information content (AvgIpc) is 3.18. The van der Waals surface area contributed by atoms with E-state index in [0.717, 1.165) is 41.4 Å². The number of fused-ring (bicyclic) bond motifs is 3. The lowest BCUT2D eigenvalue weighted by atomic mass is 10.1. The Morgan fingerprint density at radius 3 is 2.68 bits per heavy atom. The molecule has 0 bridgehead atoms. The van der Waals surface area contributed by atoms with Crippen LogP contribution < -0.4 is 10.9 Å². The van der Waals surface area contributed by atoms with Gasteiger partial charge in [0.15, 0.2) is 0 Å². The number of hydrogen-bond donors (Lipinski definition) is 1. The second-order valence-electron chi connectivity index (χ2n) is 12.0. The summed E-state index contributed by atoms with van der Waals surface area (Å²) in [5.41, 5.74) is 6.04. The highest BCUT2D eigenvalue weighted by atomic mass is 28.3. The number of carbonyl (C=O) groups is 1. The summed E-state index contributed by atoms with van der Waals surface area (Å²) < 4.78 is 15.0. The lowest BCUT2D eigenvalue weighted by Gasteiger charge is -2.23. The van der Waals surface area contributed by atoms with Crippen LogP contribution in [0.5, 0.6) is 0 Å². The maximum atomic E-state index is 13.9. The fourth-order valence-corrected chi connectivity index (χ4v) is 5.19. The van der Waals surface area contributed by atoms with Gasteiger partial charge in [-0.05, 0) is 71.6 Å². The predicted octanol–water partition coefficient (Wildman–Crippen LogP) is 5.50. The molecule has 0 radical (unpaired) electrons. The van der Waals surface area contributed by atoms with Gasteiger partial charge >= 0.3 is 6.09 Å². The molecule has 0 aliphatic carbocycles. The smallest absolute Gasteiger partial charge is 0.407 e. The van der Waals surface area contributed by atoms with E-state index >= 15 is 0 Å². The van der Waals surface area contributed by atoms with Gasteiger partial charge < -0.3 is 19.4 Å². The molecule has 1 saturated heterocycles. The molecular formula is C29H40N4O4Si. The molecular weight excluding hydrogens is 496 g/mol. The van der Waals surface area contributed by atoms with Crippen molar-refractivity contribution in [2.75, 3.05) is 13.2 Å². The third-order valence-electron chi connectivity index (χ3n) is 6.39. The van der Waals surface area contributed by atoms with Crippen LogP contribution >= 0.6 is 0 Å². The van der Waals surface area contributed by atoms with E-state index in [1.807, 2.05) is 44.5 Å². The first-order chi connectivity index (χ1) is 17.8. The van der Waals surface area contributed by atoms with E-state index in [0.29, 0.717) is 37.0 Å². The molecule has 9 heteroatoms. The number of benzene rings is 1. The van der Waals surface area contributed by atoms with Gasteiger partial charge in [-0.1, -0.05) is 25.6 Å². The molecule has 1 N–H and O–H groups in total. The lowest BCUT2D eigenvalue weighted by molar-refractivity contribution is -0.0402. The van der Waals surface area contributed by atoms with Gasteiger partial charge in [0, 0.05) is 30.6 Å². The van der Waals surface area contributed by atoms with Crippen LogP contribution in [0.2, 0.25) is 19.6 Å². The fourth-order valence-electron chi connectivity index (χ4n) is 4.67. The van der Waals surface area contributed by atoms with Gasteiger partial charge in [0.25, 0.3) is 5.56 Å². The minimum Gasteiger partial charge on any atom is -0.444 e. The summed E-state index contributed by atoms with van der Waals surface area (Å²) in [6.45, 7) is 15.6. The van der Waals surface area contributed by atoms with Crippen molar-refractivity contribution < 1.29 is 14.3 Å². The Morgan fingerprint density at radius 2 is 2.03 bits per heavy atom. The summed E-state index contributed by atoms with van der Waals surface area (Å²) in [4.78, 5) is 25.9. The van der Waals surface area contributed by atoms with E-state index < -0.39 is 19.8 Å². The number of nitrogens with one attached hydrogen (secondary N) is 1. The number of ether oxygens (including phenoxy) is 2. The fraction of sp³-hybridized carbons (Fsp3) is 0.552. The number of alkyl carbamates (subject to hydrolysis) is 1. The SMILES string of the molecule is Cc1c2c(=O)n(CCCNC(=O)OC(C)(C)C)c3ccc(C#C[Si](C)(C)C)cc3c2nn1C1CCCCO1. The second kappa shape index (κ2) is 10.9. The number of nitrogens with zero attached hydrogens (tertiary/aromatic N) is 3. The van der Waals surface area contributed by atoms with E-state index in [9.17, 15) is 9.59 Å². The first kappa shape index (κ1) is 27.9. The van der Waals surface area contributed by atoms with Crippen molar-refractivity contribution in [1.82, 2.24) is 19.7 Å². The zero-order valence-electron chi connectivity index (χ0n) is 23.7. The molecule has 2 aromatic heterocycles. The van der Waals surface area contributed by atoms with Crippen molar-refractivity contribution in [3.05, 3.63) is 39.8 Å². The van der Waals surface area contributed by atoms with Crippen LogP contribution in [0.15, 0.2) is 23.0 Å². The lowest BCUT2D eigenvalue weighted by Crippen LogP contribution is -2.33. The van der Waals surface area contributed by atoms with Crippen LogP contribution in [0.3, 0.4) is 0 Å². The summed E-state index contributed by atoms with van der Waals surface area (Å²) in [5, 5.41) is 9.24. The molecule has 1 aliphatic rings. The third kappa shape index (κ3) is 6.48. The topological polar surface area (TPSA) is 87.4 Å². The van der Waals surface area contributed by atoms with Gasteiger partial charge in [-0.15, -0.1) is 5.54 Å².